The summed E-state index contributed by atoms with van der Waals surface area (Å²) in [5.41, 5.74) is 3.71. The van der Waals surface area contributed by atoms with E-state index in [9.17, 15) is 0 Å². The molecule has 2 aliphatic rings. The van der Waals surface area contributed by atoms with E-state index in [0.29, 0.717) is 6.61 Å². The van der Waals surface area contributed by atoms with Crippen molar-refractivity contribution in [3.8, 4) is 11.5 Å². The lowest BCUT2D eigenvalue weighted by Gasteiger charge is -2.35. The van der Waals surface area contributed by atoms with Gasteiger partial charge in [0.25, 0.3) is 0 Å². The number of likely N-dealkylation sites (tertiary alicyclic amines) is 1. The second-order valence-electron chi connectivity index (χ2n) is 8.93. The van der Waals surface area contributed by atoms with Gasteiger partial charge in [-0.3, -0.25) is 9.80 Å². The van der Waals surface area contributed by atoms with Gasteiger partial charge >= 0.3 is 0 Å². The highest BCUT2D eigenvalue weighted by atomic mass is 16.5. The highest BCUT2D eigenvalue weighted by Crippen LogP contribution is 2.29. The van der Waals surface area contributed by atoms with Gasteiger partial charge in [-0.05, 0) is 56.1 Å². The monoisotopic (exact) mass is 423 g/mol. The lowest BCUT2D eigenvalue weighted by atomic mass is 10.1. The molecule has 0 aromatic heterocycles. The van der Waals surface area contributed by atoms with Gasteiger partial charge in [0.05, 0.1) is 7.11 Å². The first kappa shape index (κ1) is 22.1. The van der Waals surface area contributed by atoms with Gasteiger partial charge in [-0.2, -0.15) is 0 Å². The van der Waals surface area contributed by atoms with Crippen molar-refractivity contribution >= 4 is 0 Å². The highest BCUT2D eigenvalue weighted by molar-refractivity contribution is 5.43. The van der Waals surface area contributed by atoms with Gasteiger partial charge in [0.15, 0.2) is 11.5 Å². The van der Waals surface area contributed by atoms with E-state index < -0.39 is 0 Å². The van der Waals surface area contributed by atoms with Crippen molar-refractivity contribution in [2.24, 2.45) is 0 Å². The molecule has 2 fully saturated rings. The van der Waals surface area contributed by atoms with Crippen LogP contribution in [0.1, 0.15) is 29.5 Å². The molecule has 31 heavy (non-hydrogen) atoms. The smallest absolute Gasteiger partial charge is 0.161 e. The Balaban J connectivity index is 1.24. The number of benzene rings is 2. The van der Waals surface area contributed by atoms with E-state index in [1.165, 1.54) is 68.8 Å². The van der Waals surface area contributed by atoms with Crippen LogP contribution >= 0.6 is 0 Å². The van der Waals surface area contributed by atoms with Gasteiger partial charge in [0, 0.05) is 45.8 Å². The molecular weight excluding hydrogens is 386 g/mol. The van der Waals surface area contributed by atoms with Gasteiger partial charge < -0.3 is 14.4 Å². The van der Waals surface area contributed by atoms with Crippen LogP contribution in [0.15, 0.2) is 42.5 Å². The summed E-state index contributed by atoms with van der Waals surface area (Å²) < 4.78 is 11.7. The molecule has 2 aromatic rings. The molecule has 5 nitrogen and oxygen atoms in total. The summed E-state index contributed by atoms with van der Waals surface area (Å²) in [5.74, 6) is 1.62. The lowest BCUT2D eigenvalue weighted by Crippen LogP contribution is -2.47. The zero-order chi connectivity index (χ0) is 21.5. The maximum atomic E-state index is 6.03. The SMILES string of the molecule is COc1cc(CN2CCN(CCN3CCCC3)CC2)ccc1OCc1ccc(C)cc1. The Morgan fingerprint density at radius 2 is 1.32 bits per heavy atom. The molecule has 168 valence electrons. The van der Waals surface area contributed by atoms with E-state index in [1.807, 2.05) is 0 Å². The van der Waals surface area contributed by atoms with Crippen molar-refractivity contribution in [2.45, 2.75) is 32.9 Å². The van der Waals surface area contributed by atoms with Gasteiger partial charge in [-0.25, -0.2) is 0 Å². The molecule has 2 aromatic carbocycles. The van der Waals surface area contributed by atoms with E-state index >= 15 is 0 Å². The minimum atomic E-state index is 0.551. The van der Waals surface area contributed by atoms with Crippen LogP contribution in [0.5, 0.6) is 11.5 Å². The number of piperazine rings is 1. The average Bonchev–Trinajstić information content (AvgIpc) is 3.32. The molecule has 0 aliphatic carbocycles. The molecule has 0 radical (unpaired) electrons. The topological polar surface area (TPSA) is 28.2 Å². The van der Waals surface area contributed by atoms with Crippen LogP contribution in [-0.4, -0.2) is 74.2 Å². The van der Waals surface area contributed by atoms with Crippen molar-refractivity contribution in [3.63, 3.8) is 0 Å². The van der Waals surface area contributed by atoms with Crippen LogP contribution in [0.3, 0.4) is 0 Å². The molecule has 0 amide bonds. The Kier molecular flexibility index (Phi) is 7.84. The summed E-state index contributed by atoms with van der Waals surface area (Å²) in [4.78, 5) is 7.78. The fraction of sp³-hybridized carbons (Fsp3) is 0.538. The summed E-state index contributed by atoms with van der Waals surface area (Å²) in [6.07, 6.45) is 2.76. The first-order valence-electron chi connectivity index (χ1n) is 11.7. The maximum absolute atomic E-state index is 6.03. The summed E-state index contributed by atoms with van der Waals surface area (Å²) in [5, 5.41) is 0. The molecule has 0 saturated carbocycles. The summed E-state index contributed by atoms with van der Waals surface area (Å²) >= 11 is 0. The number of ether oxygens (including phenoxy) is 2. The van der Waals surface area contributed by atoms with Crippen molar-refractivity contribution in [1.29, 1.82) is 0 Å². The van der Waals surface area contributed by atoms with Crippen molar-refractivity contribution < 1.29 is 9.47 Å². The van der Waals surface area contributed by atoms with Crippen LogP contribution in [0.4, 0.5) is 0 Å². The number of rotatable bonds is 9. The van der Waals surface area contributed by atoms with E-state index in [1.54, 1.807) is 7.11 Å². The van der Waals surface area contributed by atoms with Crippen LogP contribution < -0.4 is 9.47 Å². The predicted octanol–water partition coefficient (Wildman–Crippen LogP) is 3.80. The third-order valence-electron chi connectivity index (χ3n) is 6.55. The number of nitrogens with zero attached hydrogens (tertiary/aromatic N) is 3. The van der Waals surface area contributed by atoms with Gasteiger partial charge in [0.2, 0.25) is 0 Å². The van der Waals surface area contributed by atoms with Gasteiger partial charge in [-0.15, -0.1) is 0 Å². The van der Waals surface area contributed by atoms with Crippen LogP contribution in [-0.2, 0) is 13.2 Å². The fourth-order valence-corrected chi connectivity index (χ4v) is 4.49. The minimum Gasteiger partial charge on any atom is -0.493 e. The molecule has 0 atom stereocenters. The Morgan fingerprint density at radius 1 is 0.710 bits per heavy atom. The zero-order valence-corrected chi connectivity index (χ0v) is 19.2. The molecule has 2 heterocycles. The van der Waals surface area contributed by atoms with Crippen LogP contribution in [0.2, 0.25) is 0 Å². The van der Waals surface area contributed by atoms with Gasteiger partial charge in [0.1, 0.15) is 6.61 Å². The van der Waals surface area contributed by atoms with E-state index in [2.05, 4.69) is 64.1 Å². The highest BCUT2D eigenvalue weighted by Gasteiger charge is 2.19. The van der Waals surface area contributed by atoms with E-state index in [-0.39, 0.29) is 0 Å². The summed E-state index contributed by atoms with van der Waals surface area (Å²) in [7, 11) is 1.72. The Hall–Kier alpha value is -2.08. The largest absolute Gasteiger partial charge is 0.493 e. The Bertz CT molecular complexity index is 810. The lowest BCUT2D eigenvalue weighted by molar-refractivity contribution is 0.117. The molecule has 0 bridgehead atoms. The van der Waals surface area contributed by atoms with Crippen molar-refractivity contribution in [2.75, 3.05) is 59.5 Å². The molecule has 0 N–H and O–H groups in total. The molecule has 5 heteroatoms. The molecule has 2 aliphatic heterocycles. The number of hydrogen-bond acceptors (Lipinski definition) is 5. The Morgan fingerprint density at radius 3 is 2.00 bits per heavy atom. The molecule has 0 unspecified atom stereocenters. The normalized spacial score (nSPS) is 18.4. The second kappa shape index (κ2) is 11.0. The number of methoxy groups -OCH3 is 1. The summed E-state index contributed by atoms with van der Waals surface area (Å²) in [6.45, 7) is 13.3. The van der Waals surface area contributed by atoms with Crippen molar-refractivity contribution in [1.82, 2.24) is 14.7 Å². The first-order chi connectivity index (χ1) is 15.2. The maximum Gasteiger partial charge on any atom is 0.161 e. The quantitative estimate of drug-likeness (QED) is 0.612. The van der Waals surface area contributed by atoms with E-state index in [4.69, 9.17) is 9.47 Å². The second-order valence-corrected chi connectivity index (χ2v) is 8.93. The van der Waals surface area contributed by atoms with Crippen molar-refractivity contribution in [3.05, 3.63) is 59.2 Å². The van der Waals surface area contributed by atoms with E-state index in [0.717, 1.165) is 31.1 Å². The minimum absolute atomic E-state index is 0.551. The predicted molar refractivity (Wildman–Crippen MR) is 126 cm³/mol. The zero-order valence-electron chi connectivity index (χ0n) is 19.2. The third-order valence-corrected chi connectivity index (χ3v) is 6.55. The third kappa shape index (κ3) is 6.45. The first-order valence-corrected chi connectivity index (χ1v) is 11.7. The molecule has 2 saturated heterocycles. The number of hydrogen-bond donors (Lipinski definition) is 0. The van der Waals surface area contributed by atoms with Crippen LogP contribution in [0.25, 0.3) is 0 Å². The fourth-order valence-electron chi connectivity index (χ4n) is 4.49. The Labute approximate surface area is 187 Å². The standard InChI is InChI=1S/C26H37N3O2/c1-22-5-7-23(8-6-22)21-31-25-10-9-24(19-26(25)30-2)20-29-17-15-28(16-18-29)14-13-27-11-3-4-12-27/h5-10,19H,3-4,11-18,20-21H2,1-2H3. The molecule has 4 rings (SSSR count). The molecule has 0 spiro atoms. The number of aryl methyl sites for hydroxylation is 1. The summed E-state index contributed by atoms with van der Waals surface area (Å²) in [6, 6.07) is 14.8. The van der Waals surface area contributed by atoms with Gasteiger partial charge in [-0.1, -0.05) is 35.9 Å². The molecular formula is C26H37N3O2. The van der Waals surface area contributed by atoms with Crippen LogP contribution in [0, 0.1) is 6.92 Å². The average molecular weight is 424 g/mol.